The topological polar surface area (TPSA) is 81.2 Å². The number of hydrogen-bond acceptors (Lipinski definition) is 4. The Morgan fingerprint density at radius 2 is 2.21 bits per heavy atom. The second-order valence-corrected chi connectivity index (χ2v) is 6.08. The molecule has 3 N–H and O–H groups in total. The maximum atomic E-state index is 13.8. The molecule has 1 atom stereocenters. The van der Waals surface area contributed by atoms with Crippen molar-refractivity contribution >= 4 is 11.6 Å². The molecule has 2 aromatic rings. The van der Waals surface area contributed by atoms with Crippen molar-refractivity contribution in [2.45, 2.75) is 31.9 Å². The van der Waals surface area contributed by atoms with Gasteiger partial charge in [0.25, 0.3) is 5.91 Å². The molecule has 0 spiro atoms. The Kier molecular flexibility index (Phi) is 4.80. The Morgan fingerprint density at radius 1 is 1.46 bits per heavy atom. The molecule has 0 aliphatic carbocycles. The number of carbonyl (C=O) groups is 1. The van der Waals surface area contributed by atoms with Crippen molar-refractivity contribution in [3.05, 3.63) is 47.8 Å². The van der Waals surface area contributed by atoms with E-state index in [2.05, 4.69) is 20.2 Å². The highest BCUT2D eigenvalue weighted by molar-refractivity contribution is 5.92. The molecular formula is C17H21FN4O2. The second kappa shape index (κ2) is 7.00. The lowest BCUT2D eigenvalue weighted by Crippen LogP contribution is -2.37. The molecule has 3 rings (SSSR count). The molecule has 1 aromatic heterocycles. The molecule has 0 bridgehead atoms. The number of aromatic amines is 1. The Balaban J connectivity index is 1.80. The summed E-state index contributed by atoms with van der Waals surface area (Å²) in [5, 5.41) is 12.5. The fraction of sp³-hybridized carbons (Fsp3) is 0.412. The van der Waals surface area contributed by atoms with E-state index < -0.39 is 0 Å². The third kappa shape index (κ3) is 3.56. The number of benzene rings is 1. The largest absolute Gasteiger partial charge is 0.393 e. The van der Waals surface area contributed by atoms with Crippen LogP contribution >= 0.6 is 0 Å². The van der Waals surface area contributed by atoms with Crippen LogP contribution in [0.3, 0.4) is 0 Å². The number of nitrogens with zero attached hydrogens (tertiary/aromatic N) is 2. The van der Waals surface area contributed by atoms with Gasteiger partial charge in [-0.3, -0.25) is 4.79 Å². The summed E-state index contributed by atoms with van der Waals surface area (Å²) < 4.78 is 13.8. The van der Waals surface area contributed by atoms with Gasteiger partial charge in [-0.1, -0.05) is 0 Å². The van der Waals surface area contributed by atoms with E-state index in [4.69, 9.17) is 0 Å². The van der Waals surface area contributed by atoms with E-state index in [-0.39, 0.29) is 23.9 Å². The van der Waals surface area contributed by atoms with Gasteiger partial charge in [-0.25, -0.2) is 9.37 Å². The van der Waals surface area contributed by atoms with Gasteiger partial charge in [-0.2, -0.15) is 0 Å². The summed E-state index contributed by atoms with van der Waals surface area (Å²) >= 11 is 0. The standard InChI is InChI=1S/C17H21FN4O2/c1-11(21-17(24)15-9-19-10-20-15)14-8-12(18)2-3-16(14)22-6-4-13(23)5-7-22/h2-3,8-11,13,23H,4-7H2,1H3,(H,19,20)(H,21,24)/t11-/m1/s1. The predicted molar refractivity (Wildman–Crippen MR) is 88.3 cm³/mol. The van der Waals surface area contributed by atoms with Crippen LogP contribution in [0.2, 0.25) is 0 Å². The van der Waals surface area contributed by atoms with Gasteiger partial charge in [-0.15, -0.1) is 0 Å². The molecule has 1 saturated heterocycles. The number of aliphatic hydroxyl groups is 1. The smallest absolute Gasteiger partial charge is 0.269 e. The lowest BCUT2D eigenvalue weighted by atomic mass is 10.0. The van der Waals surface area contributed by atoms with E-state index in [0.29, 0.717) is 31.6 Å². The number of hydrogen-bond donors (Lipinski definition) is 3. The molecule has 1 aromatic carbocycles. The monoisotopic (exact) mass is 332 g/mol. The number of carbonyl (C=O) groups excluding carboxylic acids is 1. The number of aromatic nitrogens is 2. The zero-order chi connectivity index (χ0) is 17.1. The summed E-state index contributed by atoms with van der Waals surface area (Å²) in [5.41, 5.74) is 1.97. The molecule has 1 aliphatic heterocycles. The average molecular weight is 332 g/mol. The van der Waals surface area contributed by atoms with Crippen LogP contribution in [0.25, 0.3) is 0 Å². The minimum Gasteiger partial charge on any atom is -0.393 e. The highest BCUT2D eigenvalue weighted by Crippen LogP contribution is 2.29. The molecule has 1 amide bonds. The van der Waals surface area contributed by atoms with E-state index in [1.54, 1.807) is 6.07 Å². The summed E-state index contributed by atoms with van der Waals surface area (Å²) in [6.07, 6.45) is 3.98. The van der Waals surface area contributed by atoms with Gasteiger partial charge in [0, 0.05) is 24.3 Å². The van der Waals surface area contributed by atoms with E-state index in [9.17, 15) is 14.3 Å². The van der Waals surface area contributed by atoms with E-state index in [0.717, 1.165) is 11.3 Å². The zero-order valence-electron chi connectivity index (χ0n) is 13.5. The molecule has 0 radical (unpaired) electrons. The molecule has 0 saturated carbocycles. The molecule has 2 heterocycles. The maximum Gasteiger partial charge on any atom is 0.269 e. The number of imidazole rings is 1. The van der Waals surface area contributed by atoms with Crippen LogP contribution in [0.1, 0.15) is 41.9 Å². The molecule has 1 aliphatic rings. The molecule has 1 fully saturated rings. The van der Waals surface area contributed by atoms with E-state index >= 15 is 0 Å². The van der Waals surface area contributed by atoms with Crippen LogP contribution < -0.4 is 10.2 Å². The number of nitrogens with one attached hydrogen (secondary N) is 2. The van der Waals surface area contributed by atoms with Crippen LogP contribution in [0.5, 0.6) is 0 Å². The fourth-order valence-corrected chi connectivity index (χ4v) is 3.00. The van der Waals surface area contributed by atoms with Gasteiger partial charge < -0.3 is 20.3 Å². The first-order valence-electron chi connectivity index (χ1n) is 8.06. The summed E-state index contributed by atoms with van der Waals surface area (Å²) in [7, 11) is 0. The number of rotatable bonds is 4. The summed E-state index contributed by atoms with van der Waals surface area (Å²) in [5.74, 6) is -0.627. The molecule has 24 heavy (non-hydrogen) atoms. The van der Waals surface area contributed by atoms with E-state index in [1.165, 1.54) is 24.7 Å². The SMILES string of the molecule is C[C@@H](NC(=O)c1cnc[nH]1)c1cc(F)ccc1N1CCC(O)CC1. The molecule has 7 heteroatoms. The van der Waals surface area contributed by atoms with Crippen molar-refractivity contribution in [1.29, 1.82) is 0 Å². The van der Waals surface area contributed by atoms with Crippen molar-refractivity contribution in [3.63, 3.8) is 0 Å². The van der Waals surface area contributed by atoms with Gasteiger partial charge in [0.2, 0.25) is 0 Å². The van der Waals surface area contributed by atoms with Gasteiger partial charge in [0.1, 0.15) is 11.5 Å². The number of H-pyrrole nitrogens is 1. The van der Waals surface area contributed by atoms with E-state index in [1.807, 2.05) is 6.92 Å². The Labute approximate surface area is 139 Å². The summed E-state index contributed by atoms with van der Waals surface area (Å²) in [6, 6.07) is 4.26. The fourth-order valence-electron chi connectivity index (χ4n) is 3.00. The first-order valence-corrected chi connectivity index (χ1v) is 8.06. The quantitative estimate of drug-likeness (QED) is 0.800. The lowest BCUT2D eigenvalue weighted by molar-refractivity contribution is 0.0935. The Bertz CT molecular complexity index is 697. The summed E-state index contributed by atoms with van der Waals surface area (Å²) in [6.45, 7) is 3.24. The van der Waals surface area contributed by atoms with Gasteiger partial charge in [-0.05, 0) is 38.0 Å². The van der Waals surface area contributed by atoms with Crippen molar-refractivity contribution < 1.29 is 14.3 Å². The maximum absolute atomic E-state index is 13.8. The van der Waals surface area contributed by atoms with Crippen LogP contribution in [-0.2, 0) is 0 Å². The molecule has 6 nitrogen and oxygen atoms in total. The van der Waals surface area contributed by atoms with Crippen molar-refractivity contribution in [1.82, 2.24) is 15.3 Å². The Hall–Kier alpha value is -2.41. The third-order valence-electron chi connectivity index (χ3n) is 4.35. The number of halogens is 1. The number of piperidine rings is 1. The predicted octanol–water partition coefficient (Wildman–Crippen LogP) is 2.00. The van der Waals surface area contributed by atoms with Crippen molar-refractivity contribution in [2.24, 2.45) is 0 Å². The second-order valence-electron chi connectivity index (χ2n) is 6.08. The zero-order valence-corrected chi connectivity index (χ0v) is 13.5. The number of aliphatic hydroxyl groups excluding tert-OH is 1. The number of amides is 1. The number of anilines is 1. The highest BCUT2D eigenvalue weighted by Gasteiger charge is 2.22. The third-order valence-corrected chi connectivity index (χ3v) is 4.35. The lowest BCUT2D eigenvalue weighted by Gasteiger charge is -2.34. The Morgan fingerprint density at radius 3 is 2.88 bits per heavy atom. The van der Waals surface area contributed by atoms with Gasteiger partial charge in [0.15, 0.2) is 0 Å². The first kappa shape index (κ1) is 16.4. The minimum atomic E-state index is -0.363. The van der Waals surface area contributed by atoms with Gasteiger partial charge >= 0.3 is 0 Å². The van der Waals surface area contributed by atoms with Crippen molar-refractivity contribution in [3.8, 4) is 0 Å². The first-order chi connectivity index (χ1) is 11.5. The molecular weight excluding hydrogens is 311 g/mol. The van der Waals surface area contributed by atoms with Crippen LogP contribution in [-0.4, -0.2) is 40.2 Å². The van der Waals surface area contributed by atoms with Crippen LogP contribution in [0.15, 0.2) is 30.7 Å². The van der Waals surface area contributed by atoms with Crippen LogP contribution in [0.4, 0.5) is 10.1 Å². The highest BCUT2D eigenvalue weighted by atomic mass is 19.1. The minimum absolute atomic E-state index is 0.275. The summed E-state index contributed by atoms with van der Waals surface area (Å²) in [4.78, 5) is 20.9. The van der Waals surface area contributed by atoms with Crippen molar-refractivity contribution in [2.75, 3.05) is 18.0 Å². The molecule has 128 valence electrons. The average Bonchev–Trinajstić information content (AvgIpc) is 3.10. The molecule has 0 unspecified atom stereocenters. The van der Waals surface area contributed by atoms with Gasteiger partial charge in [0.05, 0.1) is 24.7 Å². The normalized spacial score (nSPS) is 16.9. The van der Waals surface area contributed by atoms with Crippen LogP contribution in [0, 0.1) is 5.82 Å².